The van der Waals surface area contributed by atoms with Crippen LogP contribution in [0.5, 0.6) is 5.75 Å². The number of benzene rings is 3. The number of nitrogens with zero attached hydrogens (tertiary/aromatic N) is 3. The number of imidazole rings is 1. The summed E-state index contributed by atoms with van der Waals surface area (Å²) in [4.78, 5) is 10.0. The molecule has 0 saturated heterocycles. The third-order valence-electron chi connectivity index (χ3n) is 6.70. The lowest BCUT2D eigenvalue weighted by molar-refractivity contribution is 0.370. The largest absolute Gasteiger partial charge is 0.497 e. The van der Waals surface area contributed by atoms with Crippen LogP contribution in [0.1, 0.15) is 23.2 Å². The average molecular weight is 503 g/mol. The van der Waals surface area contributed by atoms with Crippen LogP contribution in [0.4, 0.5) is 5.69 Å². The Morgan fingerprint density at radius 2 is 1.75 bits per heavy atom. The molecule has 36 heavy (non-hydrogen) atoms. The van der Waals surface area contributed by atoms with E-state index in [1.54, 1.807) is 42.0 Å². The van der Waals surface area contributed by atoms with Gasteiger partial charge in [-0.15, -0.1) is 0 Å². The normalized spacial score (nSPS) is 16.4. The van der Waals surface area contributed by atoms with Crippen LogP contribution in [-0.4, -0.2) is 42.4 Å². The van der Waals surface area contributed by atoms with Crippen LogP contribution in [0.3, 0.4) is 0 Å². The molecule has 0 aliphatic carbocycles. The number of para-hydroxylation sites is 1. The second kappa shape index (κ2) is 10.6. The smallest absolute Gasteiger partial charge is 0.243 e. The topological polar surface area (TPSA) is 78.5 Å². The second-order valence-electron chi connectivity index (χ2n) is 8.98. The number of fused-ring (bicyclic) bond motifs is 1. The lowest BCUT2D eigenvalue weighted by Gasteiger charge is -2.34. The number of aromatic nitrogens is 2. The van der Waals surface area contributed by atoms with Crippen molar-refractivity contribution in [2.24, 2.45) is 0 Å². The minimum Gasteiger partial charge on any atom is -0.497 e. The van der Waals surface area contributed by atoms with E-state index in [0.29, 0.717) is 25.4 Å². The van der Waals surface area contributed by atoms with Gasteiger partial charge in [-0.1, -0.05) is 48.5 Å². The van der Waals surface area contributed by atoms with Crippen LogP contribution in [0.15, 0.2) is 96.3 Å². The molecule has 3 aromatic carbocycles. The predicted molar refractivity (Wildman–Crippen MR) is 140 cm³/mol. The number of nitrogens with one attached hydrogen (secondary N) is 1. The Labute approximate surface area is 212 Å². The lowest BCUT2D eigenvalue weighted by Crippen LogP contribution is -2.43. The second-order valence-corrected chi connectivity index (χ2v) is 10.9. The monoisotopic (exact) mass is 502 g/mol. The minimum atomic E-state index is -3.72. The first kappa shape index (κ1) is 24.1. The predicted octanol–water partition coefficient (Wildman–Crippen LogP) is 4.63. The summed E-state index contributed by atoms with van der Waals surface area (Å²) in [7, 11) is -2.15. The SMILES string of the molecule is COc1ccc(S(=O)(=O)N2Cc3ccccc3N(Cc3cnc[nH]3)C(CCc3ccccc3)C2)cc1. The van der Waals surface area contributed by atoms with Crippen LogP contribution < -0.4 is 9.64 Å². The zero-order chi connectivity index (χ0) is 25.0. The first-order valence-electron chi connectivity index (χ1n) is 12.0. The number of hydrogen-bond donors (Lipinski definition) is 1. The van der Waals surface area contributed by atoms with Gasteiger partial charge in [0, 0.05) is 31.0 Å². The Hall–Kier alpha value is -3.62. The van der Waals surface area contributed by atoms with Crippen molar-refractivity contribution in [1.29, 1.82) is 0 Å². The summed E-state index contributed by atoms with van der Waals surface area (Å²) >= 11 is 0. The number of anilines is 1. The maximum absolute atomic E-state index is 13.8. The first-order chi connectivity index (χ1) is 17.5. The maximum Gasteiger partial charge on any atom is 0.243 e. The number of methoxy groups -OCH3 is 1. The fraction of sp³-hybridized carbons (Fsp3) is 0.250. The number of ether oxygens (including phenoxy) is 1. The van der Waals surface area contributed by atoms with Crippen molar-refractivity contribution in [3.63, 3.8) is 0 Å². The number of aryl methyl sites for hydroxylation is 1. The van der Waals surface area contributed by atoms with Gasteiger partial charge in [0.1, 0.15) is 5.75 Å². The molecule has 1 aromatic heterocycles. The molecule has 0 fully saturated rings. The highest BCUT2D eigenvalue weighted by Gasteiger charge is 2.34. The van der Waals surface area contributed by atoms with E-state index in [-0.39, 0.29) is 10.9 Å². The molecule has 0 spiro atoms. The van der Waals surface area contributed by atoms with E-state index in [4.69, 9.17) is 4.74 Å². The number of aromatic amines is 1. The molecule has 186 valence electrons. The summed E-state index contributed by atoms with van der Waals surface area (Å²) in [5, 5.41) is 0. The summed E-state index contributed by atoms with van der Waals surface area (Å²) in [5.41, 5.74) is 4.26. The molecule has 8 heteroatoms. The molecule has 0 radical (unpaired) electrons. The number of hydrogen-bond acceptors (Lipinski definition) is 5. The Balaban J connectivity index is 1.52. The van der Waals surface area contributed by atoms with Crippen LogP contribution in [-0.2, 0) is 29.5 Å². The first-order valence-corrected chi connectivity index (χ1v) is 13.5. The zero-order valence-electron chi connectivity index (χ0n) is 20.2. The van der Waals surface area contributed by atoms with Crippen molar-refractivity contribution in [3.8, 4) is 5.75 Å². The van der Waals surface area contributed by atoms with Gasteiger partial charge in [-0.05, 0) is 54.3 Å². The van der Waals surface area contributed by atoms with E-state index in [1.165, 1.54) is 5.56 Å². The van der Waals surface area contributed by atoms with Gasteiger partial charge >= 0.3 is 0 Å². The summed E-state index contributed by atoms with van der Waals surface area (Å²) in [5.74, 6) is 0.627. The summed E-state index contributed by atoms with van der Waals surface area (Å²) in [6.07, 6.45) is 5.16. The van der Waals surface area contributed by atoms with Gasteiger partial charge < -0.3 is 14.6 Å². The molecule has 1 unspecified atom stereocenters. The van der Waals surface area contributed by atoms with E-state index in [2.05, 4.69) is 33.1 Å². The van der Waals surface area contributed by atoms with Gasteiger partial charge in [-0.2, -0.15) is 4.31 Å². The number of rotatable bonds is 8. The molecule has 1 N–H and O–H groups in total. The molecule has 5 rings (SSSR count). The number of H-pyrrole nitrogens is 1. The van der Waals surface area contributed by atoms with E-state index >= 15 is 0 Å². The van der Waals surface area contributed by atoms with Crippen molar-refractivity contribution >= 4 is 15.7 Å². The molecule has 7 nitrogen and oxygen atoms in total. The highest BCUT2D eigenvalue weighted by Crippen LogP contribution is 2.33. The molecule has 1 atom stereocenters. The van der Waals surface area contributed by atoms with E-state index in [1.807, 2.05) is 42.6 Å². The van der Waals surface area contributed by atoms with Crippen molar-refractivity contribution in [3.05, 3.63) is 108 Å². The summed E-state index contributed by atoms with van der Waals surface area (Å²) < 4.78 is 34.5. The van der Waals surface area contributed by atoms with Crippen LogP contribution in [0.25, 0.3) is 0 Å². The zero-order valence-corrected chi connectivity index (χ0v) is 21.1. The summed E-state index contributed by atoms with van der Waals surface area (Å²) in [6, 6.07) is 25.0. The lowest BCUT2D eigenvalue weighted by atomic mass is 10.0. The van der Waals surface area contributed by atoms with Crippen molar-refractivity contribution < 1.29 is 13.2 Å². The van der Waals surface area contributed by atoms with Gasteiger partial charge in [-0.3, -0.25) is 0 Å². The van der Waals surface area contributed by atoms with Gasteiger partial charge in [0.15, 0.2) is 0 Å². The standard InChI is InChI=1S/C28H30N4O3S/c1-35-26-13-15-27(16-14-26)36(33,34)31-18-23-9-5-6-10-28(23)32(19-24-17-29-21-30-24)25(20-31)12-11-22-7-3-2-4-8-22/h2-10,13-17,21,25H,11-12,18-20H2,1H3,(H,29,30). The fourth-order valence-electron chi connectivity index (χ4n) is 4.78. The average Bonchev–Trinajstić information content (AvgIpc) is 3.37. The van der Waals surface area contributed by atoms with Gasteiger partial charge in [0.25, 0.3) is 0 Å². The van der Waals surface area contributed by atoms with Crippen molar-refractivity contribution in [1.82, 2.24) is 14.3 Å². The Morgan fingerprint density at radius 1 is 1.00 bits per heavy atom. The van der Waals surface area contributed by atoms with Crippen molar-refractivity contribution in [2.75, 3.05) is 18.6 Å². The molecule has 4 aromatic rings. The highest BCUT2D eigenvalue weighted by molar-refractivity contribution is 7.89. The van der Waals surface area contributed by atoms with E-state index < -0.39 is 10.0 Å². The molecule has 0 saturated carbocycles. The Bertz CT molecular complexity index is 1370. The highest BCUT2D eigenvalue weighted by atomic mass is 32.2. The summed E-state index contributed by atoms with van der Waals surface area (Å²) in [6.45, 7) is 1.31. The Kier molecular flexibility index (Phi) is 7.06. The van der Waals surface area contributed by atoms with E-state index in [9.17, 15) is 8.42 Å². The third-order valence-corrected chi connectivity index (χ3v) is 8.53. The molecule has 1 aliphatic rings. The molecule has 0 bridgehead atoms. The Morgan fingerprint density at radius 3 is 2.47 bits per heavy atom. The van der Waals surface area contributed by atoms with Gasteiger partial charge in [-0.25, -0.2) is 13.4 Å². The maximum atomic E-state index is 13.8. The van der Waals surface area contributed by atoms with Gasteiger partial charge in [0.2, 0.25) is 10.0 Å². The van der Waals surface area contributed by atoms with Crippen LogP contribution in [0, 0.1) is 0 Å². The van der Waals surface area contributed by atoms with Crippen LogP contribution >= 0.6 is 0 Å². The van der Waals surface area contributed by atoms with Gasteiger partial charge in [0.05, 0.1) is 30.6 Å². The number of sulfonamides is 1. The third kappa shape index (κ3) is 5.15. The fourth-order valence-corrected chi connectivity index (χ4v) is 6.24. The van der Waals surface area contributed by atoms with Crippen LogP contribution in [0.2, 0.25) is 0 Å². The molecular formula is C28H30N4O3S. The molecular weight excluding hydrogens is 472 g/mol. The molecule has 1 aliphatic heterocycles. The molecule has 2 heterocycles. The van der Waals surface area contributed by atoms with E-state index in [0.717, 1.165) is 29.8 Å². The minimum absolute atomic E-state index is 0.0369. The van der Waals surface area contributed by atoms with Crippen molar-refractivity contribution in [2.45, 2.75) is 36.9 Å². The quantitative estimate of drug-likeness (QED) is 0.380. The molecule has 0 amide bonds.